The normalized spacial score (nSPS) is 22.4. The van der Waals surface area contributed by atoms with E-state index in [9.17, 15) is 13.2 Å². The first-order valence-electron chi connectivity index (χ1n) is 7.71. The van der Waals surface area contributed by atoms with Crippen molar-refractivity contribution >= 4 is 21.8 Å². The lowest BCUT2D eigenvalue weighted by Crippen LogP contribution is -2.49. The Kier molecular flexibility index (Phi) is 5.96. The Balaban J connectivity index is 1.90. The first-order chi connectivity index (χ1) is 10.9. The van der Waals surface area contributed by atoms with Crippen LogP contribution >= 0.6 is 0 Å². The average molecular weight is 337 g/mol. The molecule has 1 saturated heterocycles. The molecule has 1 aliphatic rings. The molecular weight excluding hydrogens is 314 g/mol. The smallest absolute Gasteiger partial charge is 0.237 e. The van der Waals surface area contributed by atoms with Gasteiger partial charge < -0.3 is 9.64 Å². The number of amides is 1. The molecule has 2 unspecified atom stereocenters. The van der Waals surface area contributed by atoms with Crippen LogP contribution in [0, 0.1) is 0 Å². The third kappa shape index (κ3) is 5.80. The molecule has 126 valence electrons. The molecule has 0 bridgehead atoms. The van der Waals surface area contributed by atoms with Gasteiger partial charge in [-0.15, -0.1) is 0 Å². The van der Waals surface area contributed by atoms with Gasteiger partial charge in [-0.3, -0.25) is 4.79 Å². The molecule has 5 nitrogen and oxygen atoms in total. The van der Waals surface area contributed by atoms with Crippen LogP contribution < -0.4 is 0 Å². The predicted molar refractivity (Wildman–Crippen MR) is 90.7 cm³/mol. The Morgan fingerprint density at radius 2 is 1.83 bits per heavy atom. The fourth-order valence-electron chi connectivity index (χ4n) is 2.61. The fraction of sp³-hybridized carbons (Fsp3) is 0.471. The minimum Gasteiger partial charge on any atom is -0.372 e. The van der Waals surface area contributed by atoms with Gasteiger partial charge in [0, 0.05) is 13.1 Å². The maximum Gasteiger partial charge on any atom is 0.237 e. The van der Waals surface area contributed by atoms with Crippen LogP contribution in [-0.2, 0) is 19.4 Å². The van der Waals surface area contributed by atoms with Gasteiger partial charge in [0.2, 0.25) is 5.91 Å². The summed E-state index contributed by atoms with van der Waals surface area (Å²) in [5, 5.41) is 0. The zero-order valence-corrected chi connectivity index (χ0v) is 14.3. The number of hydrogen-bond acceptors (Lipinski definition) is 4. The Morgan fingerprint density at radius 1 is 1.22 bits per heavy atom. The van der Waals surface area contributed by atoms with Crippen LogP contribution in [0.25, 0.3) is 6.08 Å². The summed E-state index contributed by atoms with van der Waals surface area (Å²) >= 11 is 0. The van der Waals surface area contributed by atoms with E-state index in [1.165, 1.54) is 0 Å². The molecule has 1 amide bonds. The molecule has 0 saturated carbocycles. The van der Waals surface area contributed by atoms with Crippen molar-refractivity contribution < 1.29 is 17.9 Å². The van der Waals surface area contributed by atoms with E-state index in [0.29, 0.717) is 13.1 Å². The van der Waals surface area contributed by atoms with Crippen molar-refractivity contribution in [2.24, 2.45) is 0 Å². The molecule has 23 heavy (non-hydrogen) atoms. The molecule has 0 aliphatic carbocycles. The summed E-state index contributed by atoms with van der Waals surface area (Å²) in [6, 6.07) is 9.46. The molecule has 0 radical (unpaired) electrons. The second kappa shape index (κ2) is 7.75. The van der Waals surface area contributed by atoms with Crippen molar-refractivity contribution in [3.63, 3.8) is 0 Å². The minimum absolute atomic E-state index is 0.0663. The number of carbonyl (C=O) groups excluding carboxylic acids is 1. The van der Waals surface area contributed by atoms with Gasteiger partial charge in [-0.2, -0.15) is 0 Å². The molecule has 1 fully saturated rings. The summed E-state index contributed by atoms with van der Waals surface area (Å²) < 4.78 is 29.8. The second-order valence-electron chi connectivity index (χ2n) is 5.92. The van der Waals surface area contributed by atoms with Crippen molar-refractivity contribution in [3.05, 3.63) is 42.0 Å². The molecule has 1 aliphatic heterocycles. The number of benzene rings is 1. The number of sulfone groups is 1. The lowest BCUT2D eigenvalue weighted by molar-refractivity contribution is -0.140. The van der Waals surface area contributed by atoms with Crippen LogP contribution in [0.2, 0.25) is 0 Å². The van der Waals surface area contributed by atoms with Crippen molar-refractivity contribution in [3.8, 4) is 0 Å². The quantitative estimate of drug-likeness (QED) is 0.821. The lowest BCUT2D eigenvalue weighted by atomic mass is 10.2. The molecule has 1 heterocycles. The van der Waals surface area contributed by atoms with Gasteiger partial charge in [-0.05, 0) is 19.4 Å². The Bertz CT molecular complexity index is 644. The van der Waals surface area contributed by atoms with Gasteiger partial charge in [-0.25, -0.2) is 8.42 Å². The maximum absolute atomic E-state index is 12.2. The molecule has 1 aromatic rings. The highest BCUT2D eigenvalue weighted by Gasteiger charge is 2.28. The van der Waals surface area contributed by atoms with Gasteiger partial charge in [-0.1, -0.05) is 42.5 Å². The van der Waals surface area contributed by atoms with E-state index >= 15 is 0 Å². The predicted octanol–water partition coefficient (Wildman–Crippen LogP) is 1.75. The first-order valence-corrected chi connectivity index (χ1v) is 9.53. The summed E-state index contributed by atoms with van der Waals surface area (Å²) in [7, 11) is -3.45. The van der Waals surface area contributed by atoms with E-state index in [0.717, 1.165) is 5.56 Å². The fourth-order valence-corrected chi connectivity index (χ4v) is 3.68. The molecular formula is C17H23NO4S. The van der Waals surface area contributed by atoms with Crippen molar-refractivity contribution in [2.45, 2.75) is 26.1 Å². The number of nitrogens with zero attached hydrogens (tertiary/aromatic N) is 1. The Labute approximate surface area is 137 Å². The minimum atomic E-state index is -3.45. The van der Waals surface area contributed by atoms with E-state index < -0.39 is 15.6 Å². The van der Waals surface area contributed by atoms with Gasteiger partial charge in [0.1, 0.15) is 5.75 Å². The van der Waals surface area contributed by atoms with Gasteiger partial charge in [0.15, 0.2) is 9.84 Å². The van der Waals surface area contributed by atoms with Crippen LogP contribution in [0.1, 0.15) is 19.4 Å². The monoisotopic (exact) mass is 337 g/mol. The first kappa shape index (κ1) is 17.7. The van der Waals surface area contributed by atoms with Crippen molar-refractivity contribution in [2.75, 3.05) is 24.6 Å². The van der Waals surface area contributed by atoms with Gasteiger partial charge in [0.25, 0.3) is 0 Å². The van der Waals surface area contributed by atoms with Gasteiger partial charge >= 0.3 is 0 Å². The lowest BCUT2D eigenvalue weighted by Gasteiger charge is -2.35. The highest BCUT2D eigenvalue weighted by Crippen LogP contribution is 2.11. The number of morpholine rings is 1. The average Bonchev–Trinajstić information content (AvgIpc) is 2.46. The van der Waals surface area contributed by atoms with E-state index in [-0.39, 0.29) is 23.9 Å². The molecule has 2 rings (SSSR count). The van der Waals surface area contributed by atoms with Crippen LogP contribution in [-0.4, -0.2) is 56.0 Å². The van der Waals surface area contributed by atoms with Crippen LogP contribution in [0.5, 0.6) is 0 Å². The number of ether oxygens (including phenoxy) is 1. The molecule has 0 spiro atoms. The van der Waals surface area contributed by atoms with E-state index in [1.807, 2.05) is 44.2 Å². The Hall–Kier alpha value is -1.66. The summed E-state index contributed by atoms with van der Waals surface area (Å²) in [6.07, 6.45) is 3.20. The van der Waals surface area contributed by atoms with E-state index in [2.05, 4.69) is 0 Å². The zero-order chi connectivity index (χ0) is 16.9. The van der Waals surface area contributed by atoms with Crippen LogP contribution in [0.15, 0.2) is 36.4 Å². The SMILES string of the molecule is CC1CN(C(=O)CS(=O)(=O)C/C=C/c2ccccc2)CC(C)O1. The number of carbonyl (C=O) groups is 1. The second-order valence-corrected chi connectivity index (χ2v) is 8.03. The summed E-state index contributed by atoms with van der Waals surface area (Å²) in [6.45, 7) is 4.65. The van der Waals surface area contributed by atoms with Crippen LogP contribution in [0.3, 0.4) is 0 Å². The third-order valence-electron chi connectivity index (χ3n) is 3.58. The standard InChI is InChI=1S/C17H23NO4S/c1-14-11-18(12-15(2)22-14)17(19)13-23(20,21)10-6-9-16-7-4-3-5-8-16/h3-9,14-15H,10-13H2,1-2H3/b9-6+. The number of rotatable bonds is 5. The van der Waals surface area contributed by atoms with E-state index in [1.54, 1.807) is 17.1 Å². The van der Waals surface area contributed by atoms with Crippen molar-refractivity contribution in [1.82, 2.24) is 4.90 Å². The topological polar surface area (TPSA) is 63.7 Å². The number of hydrogen-bond donors (Lipinski definition) is 0. The van der Waals surface area contributed by atoms with E-state index in [4.69, 9.17) is 4.74 Å². The molecule has 0 aromatic heterocycles. The zero-order valence-electron chi connectivity index (χ0n) is 13.5. The molecule has 0 N–H and O–H groups in total. The van der Waals surface area contributed by atoms with Crippen LogP contribution in [0.4, 0.5) is 0 Å². The summed E-state index contributed by atoms with van der Waals surface area (Å²) in [5.74, 6) is -0.936. The highest BCUT2D eigenvalue weighted by molar-refractivity contribution is 7.92. The molecule has 2 atom stereocenters. The third-order valence-corrected chi connectivity index (χ3v) is 4.96. The molecule has 6 heteroatoms. The molecule has 1 aromatic carbocycles. The Morgan fingerprint density at radius 3 is 2.43 bits per heavy atom. The van der Waals surface area contributed by atoms with Gasteiger partial charge in [0.05, 0.1) is 18.0 Å². The summed E-state index contributed by atoms with van der Waals surface area (Å²) in [5.41, 5.74) is 0.935. The van der Waals surface area contributed by atoms with Crippen molar-refractivity contribution in [1.29, 1.82) is 0 Å². The largest absolute Gasteiger partial charge is 0.372 e. The maximum atomic E-state index is 12.2. The summed E-state index contributed by atoms with van der Waals surface area (Å²) in [4.78, 5) is 13.8. The highest BCUT2D eigenvalue weighted by atomic mass is 32.2.